The second-order valence-electron chi connectivity index (χ2n) is 8.90. The highest BCUT2D eigenvalue weighted by Gasteiger charge is 2.23. The molecule has 1 aromatic carbocycles. The SMILES string of the molecule is COC1=CC=C(c2nc(NC(=O)c3cc(OC)c(OC)c(OC)c3)sc2CC2CCCCC2)CC1. The number of aromatic nitrogens is 1. The van der Waals surface area contributed by atoms with Crippen LogP contribution in [0.3, 0.4) is 0 Å². The summed E-state index contributed by atoms with van der Waals surface area (Å²) in [6.07, 6.45) is 13.3. The normalized spacial score (nSPS) is 16.2. The fourth-order valence-electron chi connectivity index (χ4n) is 4.81. The summed E-state index contributed by atoms with van der Waals surface area (Å²) in [5.41, 5.74) is 2.61. The van der Waals surface area contributed by atoms with Gasteiger partial charge in [0.15, 0.2) is 16.6 Å². The first kappa shape index (κ1) is 25.1. The number of anilines is 1. The molecule has 1 N–H and O–H groups in total. The molecule has 0 bridgehead atoms. The number of nitrogens with zero attached hydrogens (tertiary/aromatic N) is 1. The largest absolute Gasteiger partial charge is 0.501 e. The molecular weight excluding hydrogens is 464 g/mol. The molecule has 1 heterocycles. The summed E-state index contributed by atoms with van der Waals surface area (Å²) in [5.74, 6) is 2.70. The van der Waals surface area contributed by atoms with E-state index in [4.69, 9.17) is 23.9 Å². The van der Waals surface area contributed by atoms with Gasteiger partial charge >= 0.3 is 0 Å². The third-order valence-electron chi connectivity index (χ3n) is 6.72. The van der Waals surface area contributed by atoms with E-state index in [1.54, 1.807) is 30.6 Å². The predicted molar refractivity (Wildman–Crippen MR) is 139 cm³/mol. The van der Waals surface area contributed by atoms with Gasteiger partial charge in [-0.15, -0.1) is 11.3 Å². The van der Waals surface area contributed by atoms with Gasteiger partial charge < -0.3 is 18.9 Å². The molecule has 2 aromatic rings. The first-order chi connectivity index (χ1) is 17.1. The summed E-state index contributed by atoms with van der Waals surface area (Å²) in [4.78, 5) is 19.3. The van der Waals surface area contributed by atoms with Crippen molar-refractivity contribution in [1.82, 2.24) is 4.98 Å². The Morgan fingerprint density at radius 1 is 0.971 bits per heavy atom. The van der Waals surface area contributed by atoms with Crippen LogP contribution < -0.4 is 19.5 Å². The standard InChI is InChI=1S/C27H34N2O5S/c1-31-20-12-10-18(11-13-20)24-23(14-17-8-6-5-7-9-17)35-27(28-24)29-26(30)19-15-21(32-2)25(34-4)22(16-19)33-3/h10,12,15-17H,5-9,11,13-14H2,1-4H3,(H,28,29,30). The highest BCUT2D eigenvalue weighted by atomic mass is 32.1. The van der Waals surface area contributed by atoms with Crippen LogP contribution in [0.4, 0.5) is 5.13 Å². The Morgan fingerprint density at radius 3 is 2.26 bits per heavy atom. The number of rotatable bonds is 9. The molecule has 0 radical (unpaired) electrons. The Labute approximate surface area is 211 Å². The van der Waals surface area contributed by atoms with E-state index in [0.29, 0.717) is 33.9 Å². The molecule has 188 valence electrons. The topological polar surface area (TPSA) is 78.9 Å². The zero-order valence-corrected chi connectivity index (χ0v) is 21.8. The summed E-state index contributed by atoms with van der Waals surface area (Å²) in [5, 5.41) is 3.61. The molecule has 2 aliphatic carbocycles. The first-order valence-electron chi connectivity index (χ1n) is 12.1. The highest BCUT2D eigenvalue weighted by molar-refractivity contribution is 7.16. The minimum Gasteiger partial charge on any atom is -0.501 e. The molecule has 8 heteroatoms. The van der Waals surface area contributed by atoms with Gasteiger partial charge in [0.05, 0.1) is 39.9 Å². The summed E-state index contributed by atoms with van der Waals surface area (Å²) in [6.45, 7) is 0. The predicted octanol–water partition coefficient (Wildman–Crippen LogP) is 6.25. The number of ether oxygens (including phenoxy) is 4. The van der Waals surface area contributed by atoms with Crippen molar-refractivity contribution in [1.29, 1.82) is 0 Å². The van der Waals surface area contributed by atoms with Gasteiger partial charge in [0, 0.05) is 16.9 Å². The number of thiazole rings is 1. The maximum absolute atomic E-state index is 13.2. The Morgan fingerprint density at radius 2 is 1.69 bits per heavy atom. The number of amides is 1. The summed E-state index contributed by atoms with van der Waals surface area (Å²) < 4.78 is 21.6. The first-order valence-corrected chi connectivity index (χ1v) is 12.9. The van der Waals surface area contributed by atoms with Crippen LogP contribution in [0, 0.1) is 5.92 Å². The number of carbonyl (C=O) groups excluding carboxylic acids is 1. The zero-order chi connectivity index (χ0) is 24.8. The third-order valence-corrected chi connectivity index (χ3v) is 7.71. The minimum absolute atomic E-state index is 0.270. The van der Waals surface area contributed by atoms with Gasteiger partial charge in [-0.3, -0.25) is 10.1 Å². The Kier molecular flexibility index (Phi) is 8.33. The fourth-order valence-corrected chi connectivity index (χ4v) is 5.92. The lowest BCUT2D eigenvalue weighted by molar-refractivity contribution is 0.102. The average molecular weight is 499 g/mol. The Hall–Kier alpha value is -3.00. The van der Waals surface area contributed by atoms with E-state index in [-0.39, 0.29) is 5.91 Å². The Bertz CT molecular complexity index is 1090. The van der Waals surface area contributed by atoms with Crippen molar-refractivity contribution >= 4 is 27.9 Å². The minimum atomic E-state index is -0.270. The summed E-state index contributed by atoms with van der Waals surface area (Å²) >= 11 is 1.58. The number of hydrogen-bond donors (Lipinski definition) is 1. The molecule has 0 aliphatic heterocycles. The van der Waals surface area contributed by atoms with Gasteiger partial charge in [0.25, 0.3) is 5.91 Å². The van der Waals surface area contributed by atoms with E-state index in [0.717, 1.165) is 30.7 Å². The van der Waals surface area contributed by atoms with E-state index < -0.39 is 0 Å². The van der Waals surface area contributed by atoms with E-state index in [2.05, 4.69) is 11.4 Å². The van der Waals surface area contributed by atoms with Crippen LogP contribution in [0.5, 0.6) is 17.2 Å². The molecule has 1 amide bonds. The maximum atomic E-state index is 13.2. The van der Waals surface area contributed by atoms with E-state index in [1.165, 1.54) is 63.9 Å². The number of methoxy groups -OCH3 is 4. The van der Waals surface area contributed by atoms with Crippen LogP contribution in [0.1, 0.15) is 65.9 Å². The van der Waals surface area contributed by atoms with Gasteiger partial charge in [0.2, 0.25) is 5.75 Å². The zero-order valence-electron chi connectivity index (χ0n) is 20.9. The van der Waals surface area contributed by atoms with Crippen molar-refractivity contribution in [3.8, 4) is 17.2 Å². The van der Waals surface area contributed by atoms with Gasteiger partial charge in [-0.05, 0) is 42.5 Å². The van der Waals surface area contributed by atoms with Crippen LogP contribution in [0.25, 0.3) is 5.57 Å². The van der Waals surface area contributed by atoms with Crippen molar-refractivity contribution in [2.24, 2.45) is 5.92 Å². The van der Waals surface area contributed by atoms with Crippen molar-refractivity contribution in [3.63, 3.8) is 0 Å². The van der Waals surface area contributed by atoms with Crippen LogP contribution in [0.2, 0.25) is 0 Å². The molecule has 7 nitrogen and oxygen atoms in total. The molecule has 0 atom stereocenters. The molecule has 0 unspecified atom stereocenters. The molecule has 1 fully saturated rings. The number of benzene rings is 1. The second kappa shape index (κ2) is 11.6. The Balaban J connectivity index is 1.61. The van der Waals surface area contributed by atoms with Crippen LogP contribution in [-0.4, -0.2) is 39.3 Å². The smallest absolute Gasteiger partial charge is 0.257 e. The molecule has 1 aromatic heterocycles. The molecule has 35 heavy (non-hydrogen) atoms. The van der Waals surface area contributed by atoms with Crippen LogP contribution >= 0.6 is 11.3 Å². The molecule has 0 spiro atoms. The van der Waals surface area contributed by atoms with Crippen molar-refractivity contribution < 1.29 is 23.7 Å². The second-order valence-corrected chi connectivity index (χ2v) is 9.98. The van der Waals surface area contributed by atoms with E-state index in [1.807, 2.05) is 6.08 Å². The summed E-state index contributed by atoms with van der Waals surface area (Å²) in [7, 11) is 6.31. The van der Waals surface area contributed by atoms with E-state index >= 15 is 0 Å². The van der Waals surface area contributed by atoms with Crippen molar-refractivity contribution in [2.75, 3.05) is 33.8 Å². The van der Waals surface area contributed by atoms with Crippen LogP contribution in [-0.2, 0) is 11.2 Å². The van der Waals surface area contributed by atoms with Crippen LogP contribution in [0.15, 0.2) is 30.0 Å². The van der Waals surface area contributed by atoms with Crippen molar-refractivity contribution in [3.05, 3.63) is 46.2 Å². The molecule has 2 aliphatic rings. The lowest BCUT2D eigenvalue weighted by atomic mass is 9.86. The van der Waals surface area contributed by atoms with Gasteiger partial charge in [-0.2, -0.15) is 0 Å². The number of hydrogen-bond acceptors (Lipinski definition) is 7. The quantitative estimate of drug-likeness (QED) is 0.440. The number of carbonyl (C=O) groups is 1. The molecular formula is C27H34N2O5S. The molecule has 1 saturated carbocycles. The van der Waals surface area contributed by atoms with Gasteiger partial charge in [-0.25, -0.2) is 4.98 Å². The van der Waals surface area contributed by atoms with E-state index in [9.17, 15) is 4.79 Å². The highest BCUT2D eigenvalue weighted by Crippen LogP contribution is 2.40. The monoisotopic (exact) mass is 498 g/mol. The fraction of sp³-hybridized carbons (Fsp3) is 0.481. The third kappa shape index (κ3) is 5.81. The number of allylic oxidation sites excluding steroid dienone is 4. The summed E-state index contributed by atoms with van der Waals surface area (Å²) in [6, 6.07) is 3.30. The van der Waals surface area contributed by atoms with Gasteiger partial charge in [0.1, 0.15) is 0 Å². The van der Waals surface area contributed by atoms with Gasteiger partial charge in [-0.1, -0.05) is 38.2 Å². The lowest BCUT2D eigenvalue weighted by Crippen LogP contribution is -2.12. The lowest BCUT2D eigenvalue weighted by Gasteiger charge is -2.21. The molecule has 4 rings (SSSR count). The molecule has 0 saturated heterocycles. The maximum Gasteiger partial charge on any atom is 0.257 e. The van der Waals surface area contributed by atoms with Crippen molar-refractivity contribution in [2.45, 2.75) is 51.4 Å². The number of nitrogens with one attached hydrogen (secondary N) is 1. The average Bonchev–Trinajstić information content (AvgIpc) is 3.29.